The van der Waals surface area contributed by atoms with Crippen molar-refractivity contribution in [2.45, 2.75) is 50.6 Å². The van der Waals surface area contributed by atoms with E-state index in [1.807, 2.05) is 51.1 Å². The molecule has 142 valence electrons. The van der Waals surface area contributed by atoms with Crippen LogP contribution in [0, 0.1) is 0 Å². The minimum atomic E-state index is -4.36. The predicted octanol–water partition coefficient (Wildman–Crippen LogP) is 5.43. The van der Waals surface area contributed by atoms with Crippen molar-refractivity contribution in [2.75, 3.05) is 0 Å². The molecule has 0 bridgehead atoms. The molecule has 2 aromatic rings. The van der Waals surface area contributed by atoms with E-state index in [0.717, 1.165) is 24.1 Å². The first-order valence-corrected chi connectivity index (χ1v) is 9.61. The molecule has 0 saturated carbocycles. The van der Waals surface area contributed by atoms with Gasteiger partial charge in [0, 0.05) is 6.04 Å². The van der Waals surface area contributed by atoms with Crippen molar-refractivity contribution in [3.05, 3.63) is 71.3 Å². The summed E-state index contributed by atoms with van der Waals surface area (Å²) in [5.74, 6) is 0. The molecule has 0 radical (unpaired) electrons. The maximum atomic E-state index is 12.8. The van der Waals surface area contributed by atoms with Gasteiger partial charge in [0.1, 0.15) is 0 Å². The van der Waals surface area contributed by atoms with E-state index in [1.54, 1.807) is 0 Å². The standard InChI is InChI=1S/C20H24F3NOS/c1-19(2,3)26(25)24-18(14-9-15-7-5-4-6-8-15)16-10-12-17(13-11-16)20(21,22)23/h4-8,10-13,18,24H,9,14H2,1-3H3/t18-,26+/m0/s1. The highest BCUT2D eigenvalue weighted by molar-refractivity contribution is 7.84. The molecule has 0 heterocycles. The Labute approximate surface area is 155 Å². The summed E-state index contributed by atoms with van der Waals surface area (Å²) < 4.78 is 53.5. The van der Waals surface area contributed by atoms with Crippen LogP contribution >= 0.6 is 0 Å². The van der Waals surface area contributed by atoms with E-state index in [4.69, 9.17) is 0 Å². The van der Waals surface area contributed by atoms with Gasteiger partial charge < -0.3 is 0 Å². The molecular formula is C20H24F3NOS. The number of hydrogen-bond donors (Lipinski definition) is 1. The van der Waals surface area contributed by atoms with Crippen LogP contribution in [0.25, 0.3) is 0 Å². The van der Waals surface area contributed by atoms with Crippen molar-refractivity contribution in [2.24, 2.45) is 0 Å². The highest BCUT2D eigenvalue weighted by Gasteiger charge is 2.30. The van der Waals surface area contributed by atoms with E-state index >= 15 is 0 Å². The molecular weight excluding hydrogens is 359 g/mol. The third-order valence-electron chi connectivity index (χ3n) is 4.01. The molecule has 1 N–H and O–H groups in total. The van der Waals surface area contributed by atoms with E-state index in [2.05, 4.69) is 4.72 Å². The fourth-order valence-electron chi connectivity index (χ4n) is 2.46. The summed E-state index contributed by atoms with van der Waals surface area (Å²) in [6.45, 7) is 5.57. The number of nitrogens with one attached hydrogen (secondary N) is 1. The van der Waals surface area contributed by atoms with Crippen LogP contribution < -0.4 is 4.72 Å². The fraction of sp³-hybridized carbons (Fsp3) is 0.400. The van der Waals surface area contributed by atoms with Crippen LogP contribution in [0.3, 0.4) is 0 Å². The largest absolute Gasteiger partial charge is 0.416 e. The van der Waals surface area contributed by atoms with Gasteiger partial charge in [0.05, 0.1) is 21.3 Å². The van der Waals surface area contributed by atoms with Crippen LogP contribution in [0.4, 0.5) is 13.2 Å². The maximum Gasteiger partial charge on any atom is 0.416 e. The summed E-state index contributed by atoms with van der Waals surface area (Å²) in [7, 11) is -1.32. The molecule has 6 heteroatoms. The van der Waals surface area contributed by atoms with Crippen LogP contribution in [0.2, 0.25) is 0 Å². The van der Waals surface area contributed by atoms with E-state index in [9.17, 15) is 17.4 Å². The number of halogens is 3. The number of alkyl halides is 3. The van der Waals surface area contributed by atoms with Gasteiger partial charge in [0.2, 0.25) is 0 Å². The first kappa shape index (κ1) is 20.6. The molecule has 0 saturated heterocycles. The normalized spacial score (nSPS) is 14.8. The van der Waals surface area contributed by atoms with Gasteiger partial charge in [-0.1, -0.05) is 42.5 Å². The molecule has 2 aromatic carbocycles. The second kappa shape index (κ2) is 8.35. The second-order valence-electron chi connectivity index (χ2n) is 7.20. The number of rotatable bonds is 6. The van der Waals surface area contributed by atoms with Crippen molar-refractivity contribution < 1.29 is 17.4 Å². The summed E-state index contributed by atoms with van der Waals surface area (Å²) in [6, 6.07) is 14.6. The minimum Gasteiger partial charge on any atom is -0.242 e. The highest BCUT2D eigenvalue weighted by atomic mass is 32.2. The average molecular weight is 383 g/mol. The topological polar surface area (TPSA) is 29.1 Å². The summed E-state index contributed by atoms with van der Waals surface area (Å²) in [5, 5.41) is 0. The molecule has 0 unspecified atom stereocenters. The van der Waals surface area contributed by atoms with Gasteiger partial charge in [0.15, 0.2) is 0 Å². The monoisotopic (exact) mass is 383 g/mol. The van der Waals surface area contributed by atoms with Gasteiger partial charge >= 0.3 is 6.18 Å². The Morgan fingerprint density at radius 2 is 1.54 bits per heavy atom. The van der Waals surface area contributed by atoms with Gasteiger partial charge in [-0.15, -0.1) is 0 Å². The molecule has 2 rings (SSSR count). The van der Waals surface area contributed by atoms with Crippen molar-refractivity contribution >= 4 is 11.0 Å². The second-order valence-corrected chi connectivity index (χ2v) is 9.19. The molecule has 0 aliphatic carbocycles. The first-order chi connectivity index (χ1) is 12.1. The van der Waals surface area contributed by atoms with E-state index in [0.29, 0.717) is 12.0 Å². The predicted molar refractivity (Wildman–Crippen MR) is 100.0 cm³/mol. The lowest BCUT2D eigenvalue weighted by molar-refractivity contribution is -0.137. The first-order valence-electron chi connectivity index (χ1n) is 8.46. The SMILES string of the molecule is CC(C)(C)[S@@](=O)N[C@@H](CCc1ccccc1)c1ccc(C(F)(F)F)cc1. The van der Waals surface area contributed by atoms with Crippen molar-refractivity contribution in [1.82, 2.24) is 4.72 Å². The van der Waals surface area contributed by atoms with Crippen molar-refractivity contribution in [1.29, 1.82) is 0 Å². The Morgan fingerprint density at radius 3 is 2.04 bits per heavy atom. The van der Waals surface area contributed by atoms with Crippen LogP contribution in [-0.2, 0) is 23.6 Å². The molecule has 2 atom stereocenters. The molecule has 0 aliphatic rings. The summed E-state index contributed by atoms with van der Waals surface area (Å²) in [4.78, 5) is 0. The smallest absolute Gasteiger partial charge is 0.242 e. The molecule has 26 heavy (non-hydrogen) atoms. The van der Waals surface area contributed by atoms with Crippen molar-refractivity contribution in [3.63, 3.8) is 0 Å². The van der Waals surface area contributed by atoms with Gasteiger partial charge in [-0.3, -0.25) is 0 Å². The van der Waals surface area contributed by atoms with E-state index in [-0.39, 0.29) is 6.04 Å². The zero-order valence-corrected chi connectivity index (χ0v) is 16.0. The van der Waals surface area contributed by atoms with Gasteiger partial charge in [0.25, 0.3) is 0 Å². The van der Waals surface area contributed by atoms with Crippen molar-refractivity contribution in [3.8, 4) is 0 Å². The molecule has 0 amide bonds. The number of hydrogen-bond acceptors (Lipinski definition) is 1. The van der Waals surface area contributed by atoms with Gasteiger partial charge in [-0.25, -0.2) is 8.93 Å². The number of benzene rings is 2. The molecule has 0 spiro atoms. The lowest BCUT2D eigenvalue weighted by atomic mass is 9.99. The fourth-order valence-corrected chi connectivity index (χ4v) is 3.33. The quantitative estimate of drug-likeness (QED) is 0.708. The zero-order chi connectivity index (χ0) is 19.4. The Hall–Kier alpha value is -1.66. The van der Waals surface area contributed by atoms with Crippen LogP contribution in [-0.4, -0.2) is 8.96 Å². The Balaban J connectivity index is 2.20. The Kier molecular flexibility index (Phi) is 6.64. The summed E-state index contributed by atoms with van der Waals surface area (Å²) in [5.41, 5.74) is 1.15. The summed E-state index contributed by atoms with van der Waals surface area (Å²) >= 11 is 0. The average Bonchev–Trinajstić information content (AvgIpc) is 2.58. The highest BCUT2D eigenvalue weighted by Crippen LogP contribution is 2.31. The van der Waals surface area contributed by atoms with Gasteiger partial charge in [-0.05, 0) is 56.9 Å². The van der Waals surface area contributed by atoms with E-state index in [1.165, 1.54) is 12.1 Å². The van der Waals surface area contributed by atoms with Crippen LogP contribution in [0.5, 0.6) is 0 Å². The Bertz CT molecular complexity index is 721. The van der Waals surface area contributed by atoms with Crippen LogP contribution in [0.1, 0.15) is 49.9 Å². The summed E-state index contributed by atoms with van der Waals surface area (Å²) in [6.07, 6.45) is -2.99. The lowest BCUT2D eigenvalue weighted by Gasteiger charge is -2.25. The van der Waals surface area contributed by atoms with Gasteiger partial charge in [-0.2, -0.15) is 13.2 Å². The molecule has 2 nitrogen and oxygen atoms in total. The lowest BCUT2D eigenvalue weighted by Crippen LogP contribution is -2.36. The third-order valence-corrected chi connectivity index (χ3v) is 5.62. The zero-order valence-electron chi connectivity index (χ0n) is 15.1. The van der Waals surface area contributed by atoms with E-state index < -0.39 is 27.5 Å². The molecule has 0 aromatic heterocycles. The molecule has 0 fully saturated rings. The minimum absolute atomic E-state index is 0.294. The maximum absolute atomic E-state index is 12.8. The van der Waals surface area contributed by atoms with Crippen LogP contribution in [0.15, 0.2) is 54.6 Å². The Morgan fingerprint density at radius 1 is 0.962 bits per heavy atom. The number of aryl methyl sites for hydroxylation is 1. The molecule has 0 aliphatic heterocycles. The third kappa shape index (κ3) is 5.95.